The molecule has 0 radical (unpaired) electrons. The summed E-state index contributed by atoms with van der Waals surface area (Å²) in [6.45, 7) is 0.560. The second kappa shape index (κ2) is 8.44. The topological polar surface area (TPSA) is 47.8 Å². The van der Waals surface area contributed by atoms with Gasteiger partial charge in [0.15, 0.2) is 0 Å². The number of thioether (sulfide) groups is 1. The third-order valence-electron chi connectivity index (χ3n) is 5.79. The van der Waals surface area contributed by atoms with Gasteiger partial charge in [-0.25, -0.2) is 4.79 Å². The quantitative estimate of drug-likeness (QED) is 0.341. The van der Waals surface area contributed by atoms with Crippen molar-refractivity contribution < 1.29 is 0 Å². The first-order valence-corrected chi connectivity index (χ1v) is 11.4. The van der Waals surface area contributed by atoms with Gasteiger partial charge in [-0.05, 0) is 59.7 Å². The van der Waals surface area contributed by atoms with Crippen molar-refractivity contribution in [2.24, 2.45) is 0 Å². The molecule has 0 bridgehead atoms. The fourth-order valence-corrected chi connectivity index (χ4v) is 5.35. The molecule has 5 heteroatoms. The van der Waals surface area contributed by atoms with Crippen LogP contribution in [-0.2, 0) is 25.1 Å². The Bertz CT molecular complexity index is 1250. The van der Waals surface area contributed by atoms with Gasteiger partial charge in [-0.2, -0.15) is 4.98 Å². The van der Waals surface area contributed by atoms with E-state index in [9.17, 15) is 4.79 Å². The average Bonchev–Trinajstić information content (AvgIpc) is 2.80. The normalized spacial score (nSPS) is 13.3. The van der Waals surface area contributed by atoms with Crippen LogP contribution in [0.2, 0.25) is 0 Å². The highest BCUT2D eigenvalue weighted by atomic mass is 32.2. The van der Waals surface area contributed by atoms with E-state index in [0.717, 1.165) is 42.0 Å². The third kappa shape index (κ3) is 3.77. The number of fused-ring (bicyclic) bond motifs is 2. The maximum atomic E-state index is 13.0. The van der Waals surface area contributed by atoms with E-state index in [1.165, 1.54) is 27.6 Å². The highest BCUT2D eigenvalue weighted by Crippen LogP contribution is 2.32. The Balaban J connectivity index is 1.48. The zero-order chi connectivity index (χ0) is 20.3. The Morgan fingerprint density at radius 3 is 2.63 bits per heavy atom. The van der Waals surface area contributed by atoms with Crippen LogP contribution in [0.1, 0.15) is 35.2 Å². The maximum Gasteiger partial charge on any atom is 0.349 e. The Kier molecular flexibility index (Phi) is 5.37. The van der Waals surface area contributed by atoms with Gasteiger partial charge in [-0.1, -0.05) is 42.5 Å². The summed E-state index contributed by atoms with van der Waals surface area (Å²) >= 11 is 1.70. The molecule has 1 aliphatic carbocycles. The number of hydrogen-bond donors (Lipinski definition) is 0. The predicted octanol–water partition coefficient (Wildman–Crippen LogP) is 5.01. The Morgan fingerprint density at radius 2 is 1.73 bits per heavy atom. The molecule has 0 N–H and O–H groups in total. The minimum atomic E-state index is -0.145. The van der Waals surface area contributed by atoms with Crippen molar-refractivity contribution in [3.8, 4) is 0 Å². The first kappa shape index (κ1) is 19.1. The van der Waals surface area contributed by atoms with Crippen LogP contribution in [0.3, 0.4) is 0 Å². The zero-order valence-electron chi connectivity index (χ0n) is 16.8. The summed E-state index contributed by atoms with van der Waals surface area (Å²) in [6.07, 6.45) is 7.77. The summed E-state index contributed by atoms with van der Waals surface area (Å²) in [6, 6.07) is 18.8. The van der Waals surface area contributed by atoms with Crippen molar-refractivity contribution in [1.29, 1.82) is 0 Å². The van der Waals surface area contributed by atoms with Crippen LogP contribution < -0.4 is 5.69 Å². The van der Waals surface area contributed by atoms with E-state index in [4.69, 9.17) is 0 Å². The lowest BCUT2D eigenvalue weighted by atomic mass is 9.97. The molecule has 4 aromatic rings. The van der Waals surface area contributed by atoms with Gasteiger partial charge < -0.3 is 0 Å². The van der Waals surface area contributed by atoms with Crippen LogP contribution >= 0.6 is 11.8 Å². The highest BCUT2D eigenvalue weighted by molar-refractivity contribution is 7.98. The Hall–Kier alpha value is -2.92. The first-order chi connectivity index (χ1) is 14.8. The van der Waals surface area contributed by atoms with E-state index in [-0.39, 0.29) is 5.69 Å². The lowest BCUT2D eigenvalue weighted by Crippen LogP contribution is -2.30. The summed E-state index contributed by atoms with van der Waals surface area (Å²) in [5.41, 5.74) is 4.65. The number of nitrogens with zero attached hydrogens (tertiary/aromatic N) is 3. The molecule has 1 aliphatic rings. The minimum Gasteiger partial charge on any atom is -0.292 e. The van der Waals surface area contributed by atoms with Crippen molar-refractivity contribution in [1.82, 2.24) is 14.5 Å². The molecule has 0 unspecified atom stereocenters. The van der Waals surface area contributed by atoms with Crippen LogP contribution in [0.5, 0.6) is 0 Å². The molecule has 2 aromatic carbocycles. The van der Waals surface area contributed by atoms with Gasteiger partial charge >= 0.3 is 5.69 Å². The molecule has 0 saturated heterocycles. The number of rotatable bonds is 5. The Morgan fingerprint density at radius 1 is 0.933 bits per heavy atom. The number of hydrogen-bond acceptors (Lipinski definition) is 4. The molecule has 0 fully saturated rings. The number of pyridine rings is 1. The maximum absolute atomic E-state index is 13.0. The fourth-order valence-electron chi connectivity index (χ4n) is 4.27. The van der Waals surface area contributed by atoms with Crippen LogP contribution in [0, 0.1) is 0 Å². The molecular weight excluding hydrogens is 390 g/mol. The fraction of sp³-hybridized carbons (Fsp3) is 0.240. The third-order valence-corrected chi connectivity index (χ3v) is 6.85. The molecule has 0 saturated carbocycles. The van der Waals surface area contributed by atoms with Gasteiger partial charge in [0.2, 0.25) is 0 Å². The minimum absolute atomic E-state index is 0.145. The van der Waals surface area contributed by atoms with Crippen molar-refractivity contribution in [3.63, 3.8) is 0 Å². The highest BCUT2D eigenvalue weighted by Gasteiger charge is 2.21. The van der Waals surface area contributed by atoms with Gasteiger partial charge in [-0.3, -0.25) is 9.55 Å². The van der Waals surface area contributed by atoms with Crippen molar-refractivity contribution in [2.75, 3.05) is 0 Å². The van der Waals surface area contributed by atoms with Crippen LogP contribution in [0.25, 0.3) is 10.8 Å². The van der Waals surface area contributed by atoms with E-state index in [1.807, 2.05) is 16.7 Å². The van der Waals surface area contributed by atoms with E-state index < -0.39 is 0 Å². The molecule has 0 aliphatic heterocycles. The Labute approximate surface area is 180 Å². The van der Waals surface area contributed by atoms with Gasteiger partial charge in [0.05, 0.1) is 6.54 Å². The van der Waals surface area contributed by atoms with Gasteiger partial charge in [-0.15, -0.1) is 11.8 Å². The van der Waals surface area contributed by atoms with Gasteiger partial charge in [0.25, 0.3) is 0 Å². The molecule has 0 amide bonds. The van der Waals surface area contributed by atoms with Crippen LogP contribution in [0.4, 0.5) is 0 Å². The second-order valence-corrected chi connectivity index (χ2v) is 8.66. The summed E-state index contributed by atoms with van der Waals surface area (Å²) in [4.78, 5) is 21.6. The van der Waals surface area contributed by atoms with Crippen LogP contribution in [0.15, 0.2) is 76.8 Å². The lowest BCUT2D eigenvalue weighted by molar-refractivity contribution is 0.569. The van der Waals surface area contributed by atoms with E-state index in [0.29, 0.717) is 6.54 Å². The van der Waals surface area contributed by atoms with Gasteiger partial charge in [0, 0.05) is 29.4 Å². The van der Waals surface area contributed by atoms with Gasteiger partial charge in [0.1, 0.15) is 5.03 Å². The molecule has 2 aromatic heterocycles. The number of benzene rings is 2. The standard InChI is InChI=1S/C25H23N3OS/c29-25-27-24(30-17-20-8-5-7-19-6-1-2-9-21(19)20)22-10-3-4-11-23(22)28(25)16-18-12-14-26-15-13-18/h1-2,5-9,12-15H,3-4,10-11,16-17H2. The first-order valence-electron chi connectivity index (χ1n) is 10.4. The molecule has 0 spiro atoms. The molecule has 0 atom stereocenters. The van der Waals surface area contributed by atoms with E-state index in [2.05, 4.69) is 52.4 Å². The molecule has 4 nitrogen and oxygen atoms in total. The average molecular weight is 414 g/mol. The lowest BCUT2D eigenvalue weighted by Gasteiger charge is -2.23. The van der Waals surface area contributed by atoms with Crippen LogP contribution in [-0.4, -0.2) is 14.5 Å². The molecule has 150 valence electrons. The summed E-state index contributed by atoms with van der Waals surface area (Å²) in [5.74, 6) is 0.814. The second-order valence-electron chi connectivity index (χ2n) is 7.70. The molecule has 5 rings (SSSR count). The van der Waals surface area contributed by atoms with Crippen molar-refractivity contribution in [3.05, 3.63) is 99.9 Å². The molecule has 2 heterocycles. The monoisotopic (exact) mass is 413 g/mol. The zero-order valence-corrected chi connectivity index (χ0v) is 17.6. The van der Waals surface area contributed by atoms with Crippen molar-refractivity contribution >= 4 is 22.5 Å². The molecular formula is C25H23N3OS. The summed E-state index contributed by atoms with van der Waals surface area (Å²) in [5, 5.41) is 3.43. The SMILES string of the molecule is O=c1nc(SCc2cccc3ccccc23)c2c(n1Cc1ccncc1)CCCC2. The van der Waals surface area contributed by atoms with Crippen molar-refractivity contribution in [2.45, 2.75) is 43.0 Å². The smallest absolute Gasteiger partial charge is 0.292 e. The summed E-state index contributed by atoms with van der Waals surface area (Å²) in [7, 11) is 0. The largest absolute Gasteiger partial charge is 0.349 e. The predicted molar refractivity (Wildman–Crippen MR) is 122 cm³/mol. The number of aromatic nitrogens is 3. The summed E-state index contributed by atoms with van der Waals surface area (Å²) < 4.78 is 1.87. The van der Waals surface area contributed by atoms with E-state index >= 15 is 0 Å². The van der Waals surface area contributed by atoms with E-state index in [1.54, 1.807) is 24.2 Å². The molecule has 30 heavy (non-hydrogen) atoms.